The van der Waals surface area contributed by atoms with Crippen LogP contribution in [0, 0.1) is 0 Å². The first-order valence-corrected chi connectivity index (χ1v) is 8.42. The van der Waals surface area contributed by atoms with E-state index < -0.39 is 0 Å². The SMILES string of the molecule is O=C(NC1(c2cccs2)CCOCC1)c1cncc(Br)c1. The molecule has 0 unspecified atom stereocenters. The van der Waals surface area contributed by atoms with Crippen LogP contribution in [0.1, 0.15) is 28.1 Å². The van der Waals surface area contributed by atoms with E-state index in [1.165, 1.54) is 4.88 Å². The van der Waals surface area contributed by atoms with E-state index in [0.717, 1.165) is 17.3 Å². The van der Waals surface area contributed by atoms with Gasteiger partial charge >= 0.3 is 0 Å². The number of hydrogen-bond acceptors (Lipinski definition) is 4. The van der Waals surface area contributed by atoms with Crippen LogP contribution in [0.2, 0.25) is 0 Å². The maximum Gasteiger partial charge on any atom is 0.253 e. The van der Waals surface area contributed by atoms with Gasteiger partial charge in [0.25, 0.3) is 5.91 Å². The van der Waals surface area contributed by atoms with Crippen LogP contribution in [0.5, 0.6) is 0 Å². The normalized spacial score (nSPS) is 17.4. The van der Waals surface area contributed by atoms with Gasteiger partial charge in [0.05, 0.1) is 11.1 Å². The fourth-order valence-corrected chi connectivity index (χ4v) is 3.84. The van der Waals surface area contributed by atoms with Gasteiger partial charge in [-0.15, -0.1) is 11.3 Å². The quantitative estimate of drug-likeness (QED) is 0.905. The number of pyridine rings is 1. The van der Waals surface area contributed by atoms with E-state index in [4.69, 9.17) is 4.74 Å². The molecular formula is C15H15BrN2O2S. The Bertz CT molecular complexity index is 624. The van der Waals surface area contributed by atoms with Crippen molar-refractivity contribution in [1.29, 1.82) is 0 Å². The lowest BCUT2D eigenvalue weighted by atomic mass is 9.88. The van der Waals surface area contributed by atoms with Crippen molar-refractivity contribution in [1.82, 2.24) is 10.3 Å². The molecule has 2 aromatic heterocycles. The number of amides is 1. The number of thiophene rings is 1. The highest BCUT2D eigenvalue weighted by atomic mass is 79.9. The molecule has 0 atom stereocenters. The first-order valence-electron chi connectivity index (χ1n) is 6.74. The van der Waals surface area contributed by atoms with Gasteiger partial charge < -0.3 is 10.1 Å². The van der Waals surface area contributed by atoms with Crippen LogP contribution in [0.4, 0.5) is 0 Å². The summed E-state index contributed by atoms with van der Waals surface area (Å²) in [6.07, 6.45) is 4.84. The van der Waals surface area contributed by atoms with Crippen LogP contribution in [0.3, 0.4) is 0 Å². The summed E-state index contributed by atoms with van der Waals surface area (Å²) in [6.45, 7) is 1.32. The monoisotopic (exact) mass is 366 g/mol. The van der Waals surface area contributed by atoms with E-state index in [1.807, 2.05) is 11.4 Å². The van der Waals surface area contributed by atoms with Gasteiger partial charge in [0.2, 0.25) is 0 Å². The summed E-state index contributed by atoms with van der Waals surface area (Å²) in [5.41, 5.74) is 0.234. The van der Waals surface area contributed by atoms with Crippen molar-refractivity contribution in [2.24, 2.45) is 0 Å². The second kappa shape index (κ2) is 6.25. The number of nitrogens with zero attached hydrogens (tertiary/aromatic N) is 1. The molecule has 1 fully saturated rings. The largest absolute Gasteiger partial charge is 0.381 e. The Labute approximate surface area is 135 Å². The molecule has 0 radical (unpaired) electrons. The fraction of sp³-hybridized carbons (Fsp3) is 0.333. The van der Waals surface area contributed by atoms with Crippen LogP contribution >= 0.6 is 27.3 Å². The number of halogens is 1. The molecule has 4 nitrogen and oxygen atoms in total. The highest BCUT2D eigenvalue weighted by Gasteiger charge is 2.37. The molecule has 6 heteroatoms. The van der Waals surface area contributed by atoms with Gasteiger partial charge in [-0.25, -0.2) is 0 Å². The van der Waals surface area contributed by atoms with Crippen LogP contribution in [0.25, 0.3) is 0 Å². The molecule has 0 bridgehead atoms. The van der Waals surface area contributed by atoms with Gasteiger partial charge in [0, 0.05) is 35.0 Å². The molecule has 3 heterocycles. The second-order valence-electron chi connectivity index (χ2n) is 5.02. The zero-order valence-corrected chi connectivity index (χ0v) is 13.7. The van der Waals surface area contributed by atoms with E-state index in [9.17, 15) is 4.79 Å². The molecule has 0 aromatic carbocycles. The molecule has 3 rings (SSSR count). The third kappa shape index (κ3) is 3.17. The molecule has 1 aliphatic rings. The Kier molecular flexibility index (Phi) is 4.37. The highest BCUT2D eigenvalue weighted by molar-refractivity contribution is 9.10. The number of ether oxygens (including phenoxy) is 1. The van der Waals surface area contributed by atoms with Crippen molar-refractivity contribution in [2.75, 3.05) is 13.2 Å². The third-order valence-corrected chi connectivity index (χ3v) is 5.17. The van der Waals surface area contributed by atoms with E-state index in [-0.39, 0.29) is 11.4 Å². The average Bonchev–Trinajstić information content (AvgIpc) is 3.03. The molecule has 21 heavy (non-hydrogen) atoms. The molecule has 0 saturated carbocycles. The summed E-state index contributed by atoms with van der Waals surface area (Å²) in [4.78, 5) is 17.8. The number of aromatic nitrogens is 1. The summed E-state index contributed by atoms with van der Waals surface area (Å²) >= 11 is 5.02. The molecule has 0 aliphatic carbocycles. The third-order valence-electron chi connectivity index (χ3n) is 3.66. The predicted molar refractivity (Wildman–Crippen MR) is 85.5 cm³/mol. The molecule has 1 amide bonds. The van der Waals surface area contributed by atoms with E-state index in [0.29, 0.717) is 18.8 Å². The lowest BCUT2D eigenvalue weighted by Crippen LogP contribution is -2.49. The first kappa shape index (κ1) is 14.7. The minimum absolute atomic E-state index is 0.0981. The van der Waals surface area contributed by atoms with E-state index >= 15 is 0 Å². The number of nitrogens with one attached hydrogen (secondary N) is 1. The topological polar surface area (TPSA) is 51.2 Å². The predicted octanol–water partition coefficient (Wildman–Crippen LogP) is 3.34. The Balaban J connectivity index is 1.87. The van der Waals surface area contributed by atoms with Gasteiger partial charge in [0.15, 0.2) is 0 Å². The second-order valence-corrected chi connectivity index (χ2v) is 6.88. The summed E-state index contributed by atoms with van der Waals surface area (Å²) < 4.78 is 6.26. The number of rotatable bonds is 3. The fourth-order valence-electron chi connectivity index (χ4n) is 2.53. The van der Waals surface area contributed by atoms with E-state index in [1.54, 1.807) is 29.8 Å². The van der Waals surface area contributed by atoms with Crippen molar-refractivity contribution in [3.63, 3.8) is 0 Å². The van der Waals surface area contributed by atoms with Crippen LogP contribution in [-0.4, -0.2) is 24.1 Å². The van der Waals surface area contributed by atoms with Crippen molar-refractivity contribution in [3.05, 3.63) is 50.9 Å². The smallest absolute Gasteiger partial charge is 0.253 e. The number of carbonyl (C=O) groups excluding carboxylic acids is 1. The molecule has 2 aromatic rings. The van der Waals surface area contributed by atoms with Crippen LogP contribution < -0.4 is 5.32 Å². The average molecular weight is 367 g/mol. The maximum atomic E-state index is 12.6. The van der Waals surface area contributed by atoms with Crippen molar-refractivity contribution >= 4 is 33.2 Å². The highest BCUT2D eigenvalue weighted by Crippen LogP contribution is 2.35. The maximum absolute atomic E-state index is 12.6. The minimum Gasteiger partial charge on any atom is -0.381 e. The van der Waals surface area contributed by atoms with Crippen LogP contribution in [0.15, 0.2) is 40.4 Å². The van der Waals surface area contributed by atoms with Crippen molar-refractivity contribution in [3.8, 4) is 0 Å². The molecule has 110 valence electrons. The summed E-state index contributed by atoms with van der Waals surface area (Å²) in [6, 6.07) is 5.88. The van der Waals surface area contributed by atoms with Gasteiger partial charge in [0.1, 0.15) is 0 Å². The number of carbonyl (C=O) groups is 1. The van der Waals surface area contributed by atoms with Crippen molar-refractivity contribution in [2.45, 2.75) is 18.4 Å². The summed E-state index contributed by atoms with van der Waals surface area (Å²) in [5, 5.41) is 5.25. The van der Waals surface area contributed by atoms with Gasteiger partial charge in [-0.1, -0.05) is 6.07 Å². The zero-order chi connectivity index (χ0) is 14.7. The first-order chi connectivity index (χ1) is 10.2. The van der Waals surface area contributed by atoms with Gasteiger partial charge in [-0.2, -0.15) is 0 Å². The van der Waals surface area contributed by atoms with Crippen molar-refractivity contribution < 1.29 is 9.53 Å². The number of hydrogen-bond donors (Lipinski definition) is 1. The minimum atomic E-state index is -0.328. The summed E-state index contributed by atoms with van der Waals surface area (Å²) in [7, 11) is 0. The van der Waals surface area contributed by atoms with Gasteiger partial charge in [-0.3, -0.25) is 9.78 Å². The molecule has 1 N–H and O–H groups in total. The molecule has 0 spiro atoms. The molecular weight excluding hydrogens is 352 g/mol. The Morgan fingerprint density at radius 2 is 2.19 bits per heavy atom. The Morgan fingerprint density at radius 3 is 2.86 bits per heavy atom. The Morgan fingerprint density at radius 1 is 1.38 bits per heavy atom. The lowest BCUT2D eigenvalue weighted by molar-refractivity contribution is 0.0358. The lowest BCUT2D eigenvalue weighted by Gasteiger charge is -2.37. The zero-order valence-electron chi connectivity index (χ0n) is 11.3. The summed E-state index contributed by atoms with van der Waals surface area (Å²) in [5.74, 6) is -0.0981. The Hall–Kier alpha value is -1.24. The standard InChI is InChI=1S/C15H15BrN2O2S/c16-12-8-11(9-17-10-12)14(19)18-15(3-5-20-6-4-15)13-2-1-7-21-13/h1-2,7-10H,3-6H2,(H,18,19). The molecule has 1 saturated heterocycles. The van der Waals surface area contributed by atoms with E-state index in [2.05, 4.69) is 32.3 Å². The molecule has 1 aliphatic heterocycles. The van der Waals surface area contributed by atoms with Gasteiger partial charge in [-0.05, 0) is 46.3 Å². The van der Waals surface area contributed by atoms with Crippen LogP contribution in [-0.2, 0) is 10.3 Å².